The molecule has 0 radical (unpaired) electrons. The molecule has 2 aliphatic heterocycles. The maximum absolute atomic E-state index is 5.87. The van der Waals surface area contributed by atoms with E-state index in [0.717, 1.165) is 18.9 Å². The van der Waals surface area contributed by atoms with E-state index >= 15 is 0 Å². The van der Waals surface area contributed by atoms with Crippen molar-refractivity contribution in [2.45, 2.75) is 44.8 Å². The van der Waals surface area contributed by atoms with Crippen LogP contribution in [0.4, 0.5) is 0 Å². The zero-order chi connectivity index (χ0) is 10.7. The van der Waals surface area contributed by atoms with Crippen molar-refractivity contribution in [3.05, 3.63) is 0 Å². The Kier molecular flexibility index (Phi) is 4.00. The predicted octanol–water partition coefficient (Wildman–Crippen LogP) is 1.22. The van der Waals surface area contributed by atoms with E-state index in [1.165, 1.54) is 32.4 Å². The average Bonchev–Trinajstić information content (AvgIpc) is 2.87. The van der Waals surface area contributed by atoms with Crippen molar-refractivity contribution in [2.75, 3.05) is 26.2 Å². The third-order valence-corrected chi connectivity index (χ3v) is 3.87. The van der Waals surface area contributed by atoms with Gasteiger partial charge in [-0.3, -0.25) is 0 Å². The minimum Gasteiger partial charge on any atom is -0.372 e. The maximum atomic E-state index is 5.87. The molecular weight excluding hydrogens is 188 g/mol. The van der Waals surface area contributed by atoms with Crippen LogP contribution < -0.4 is 5.73 Å². The van der Waals surface area contributed by atoms with Crippen LogP contribution in [0.5, 0.6) is 0 Å². The number of rotatable bonds is 4. The van der Waals surface area contributed by atoms with Crippen LogP contribution in [0.25, 0.3) is 0 Å². The van der Waals surface area contributed by atoms with Crippen LogP contribution in [0.1, 0.15) is 32.6 Å². The Morgan fingerprint density at radius 3 is 2.67 bits per heavy atom. The summed E-state index contributed by atoms with van der Waals surface area (Å²) in [6.07, 6.45) is 5.85. The van der Waals surface area contributed by atoms with E-state index in [0.29, 0.717) is 18.8 Å². The van der Waals surface area contributed by atoms with E-state index < -0.39 is 0 Å². The lowest BCUT2D eigenvalue weighted by Gasteiger charge is -2.20. The molecule has 0 spiro atoms. The van der Waals surface area contributed by atoms with E-state index in [-0.39, 0.29) is 0 Å². The maximum Gasteiger partial charge on any atom is 0.0707 e. The van der Waals surface area contributed by atoms with Crippen molar-refractivity contribution in [2.24, 2.45) is 11.7 Å². The molecule has 88 valence electrons. The van der Waals surface area contributed by atoms with Gasteiger partial charge in [-0.1, -0.05) is 13.3 Å². The quantitative estimate of drug-likeness (QED) is 0.761. The molecule has 2 N–H and O–H groups in total. The third kappa shape index (κ3) is 2.92. The second kappa shape index (κ2) is 5.28. The zero-order valence-electron chi connectivity index (χ0n) is 9.82. The van der Waals surface area contributed by atoms with Crippen LogP contribution in [-0.2, 0) is 4.74 Å². The van der Waals surface area contributed by atoms with E-state index in [2.05, 4.69) is 11.8 Å². The van der Waals surface area contributed by atoms with Gasteiger partial charge >= 0.3 is 0 Å². The fourth-order valence-electron chi connectivity index (χ4n) is 2.79. The molecule has 2 rings (SSSR count). The van der Waals surface area contributed by atoms with Crippen molar-refractivity contribution >= 4 is 0 Å². The van der Waals surface area contributed by atoms with E-state index in [1.807, 2.05) is 0 Å². The summed E-state index contributed by atoms with van der Waals surface area (Å²) < 4.78 is 5.87. The Morgan fingerprint density at radius 1 is 1.27 bits per heavy atom. The smallest absolute Gasteiger partial charge is 0.0707 e. The Bertz CT molecular complexity index is 178. The second-order valence-corrected chi connectivity index (χ2v) is 5.02. The summed E-state index contributed by atoms with van der Waals surface area (Å²) in [5.74, 6) is 0.928. The Labute approximate surface area is 93.0 Å². The highest BCUT2D eigenvalue weighted by Crippen LogP contribution is 2.24. The molecule has 0 aromatic heterocycles. The summed E-state index contributed by atoms with van der Waals surface area (Å²) in [6.45, 7) is 6.67. The SMILES string of the molecule is CCC1CCN(CC2CCC(CN)O2)C1. The Morgan fingerprint density at radius 2 is 2.07 bits per heavy atom. The summed E-state index contributed by atoms with van der Waals surface area (Å²) >= 11 is 0. The molecule has 0 amide bonds. The van der Waals surface area contributed by atoms with Crippen LogP contribution in [0.3, 0.4) is 0 Å². The highest BCUT2D eigenvalue weighted by Gasteiger charge is 2.28. The van der Waals surface area contributed by atoms with Gasteiger partial charge in [-0.15, -0.1) is 0 Å². The lowest BCUT2D eigenvalue weighted by atomic mass is 10.1. The first-order chi connectivity index (χ1) is 7.31. The molecule has 0 saturated carbocycles. The van der Waals surface area contributed by atoms with E-state index in [4.69, 9.17) is 10.5 Å². The van der Waals surface area contributed by atoms with Gasteiger partial charge in [0.15, 0.2) is 0 Å². The van der Waals surface area contributed by atoms with Gasteiger partial charge in [0.05, 0.1) is 12.2 Å². The van der Waals surface area contributed by atoms with Crippen molar-refractivity contribution in [1.82, 2.24) is 4.90 Å². The van der Waals surface area contributed by atoms with Gasteiger partial charge in [0.2, 0.25) is 0 Å². The summed E-state index contributed by atoms with van der Waals surface area (Å²) in [5.41, 5.74) is 5.61. The van der Waals surface area contributed by atoms with Crippen LogP contribution in [0, 0.1) is 5.92 Å². The van der Waals surface area contributed by atoms with Crippen molar-refractivity contribution < 1.29 is 4.74 Å². The highest BCUT2D eigenvalue weighted by molar-refractivity contribution is 4.81. The first kappa shape index (κ1) is 11.4. The number of hydrogen-bond donors (Lipinski definition) is 1. The molecule has 0 aromatic rings. The molecule has 0 aromatic carbocycles. The topological polar surface area (TPSA) is 38.5 Å². The third-order valence-electron chi connectivity index (χ3n) is 3.87. The van der Waals surface area contributed by atoms with Gasteiger partial charge in [0.1, 0.15) is 0 Å². The monoisotopic (exact) mass is 212 g/mol. The molecule has 0 bridgehead atoms. The Balaban J connectivity index is 1.70. The molecule has 2 heterocycles. The molecule has 2 fully saturated rings. The fraction of sp³-hybridized carbons (Fsp3) is 1.00. The summed E-state index contributed by atoms with van der Waals surface area (Å²) in [5, 5.41) is 0. The van der Waals surface area contributed by atoms with Gasteiger partial charge in [-0.05, 0) is 31.7 Å². The van der Waals surface area contributed by atoms with Crippen LogP contribution in [0.15, 0.2) is 0 Å². The number of ether oxygens (including phenoxy) is 1. The predicted molar refractivity (Wildman–Crippen MR) is 61.8 cm³/mol. The second-order valence-electron chi connectivity index (χ2n) is 5.02. The molecule has 2 saturated heterocycles. The largest absolute Gasteiger partial charge is 0.372 e. The van der Waals surface area contributed by atoms with Crippen molar-refractivity contribution in [1.29, 1.82) is 0 Å². The molecule has 3 heteroatoms. The van der Waals surface area contributed by atoms with Crippen LogP contribution in [0.2, 0.25) is 0 Å². The summed E-state index contributed by atoms with van der Waals surface area (Å²) in [7, 11) is 0. The van der Waals surface area contributed by atoms with Crippen molar-refractivity contribution in [3.8, 4) is 0 Å². The summed E-state index contributed by atoms with van der Waals surface area (Å²) in [6, 6.07) is 0. The molecule has 0 aliphatic carbocycles. The molecule has 2 aliphatic rings. The van der Waals surface area contributed by atoms with Gasteiger partial charge < -0.3 is 15.4 Å². The molecule has 15 heavy (non-hydrogen) atoms. The lowest BCUT2D eigenvalue weighted by molar-refractivity contribution is 0.0308. The highest BCUT2D eigenvalue weighted by atomic mass is 16.5. The first-order valence-electron chi connectivity index (χ1n) is 6.39. The average molecular weight is 212 g/mol. The van der Waals surface area contributed by atoms with Gasteiger partial charge in [-0.25, -0.2) is 0 Å². The van der Waals surface area contributed by atoms with Crippen molar-refractivity contribution in [3.63, 3.8) is 0 Å². The number of nitrogens with two attached hydrogens (primary N) is 1. The fourth-order valence-corrected chi connectivity index (χ4v) is 2.79. The normalized spacial score (nSPS) is 37.6. The van der Waals surface area contributed by atoms with Crippen LogP contribution in [-0.4, -0.2) is 43.3 Å². The zero-order valence-corrected chi connectivity index (χ0v) is 9.82. The molecular formula is C12H24N2O. The molecule has 3 atom stereocenters. The first-order valence-corrected chi connectivity index (χ1v) is 6.39. The van der Waals surface area contributed by atoms with Gasteiger partial charge in [-0.2, -0.15) is 0 Å². The minimum absolute atomic E-state index is 0.333. The van der Waals surface area contributed by atoms with Gasteiger partial charge in [0.25, 0.3) is 0 Å². The number of likely N-dealkylation sites (tertiary alicyclic amines) is 1. The number of nitrogens with zero attached hydrogens (tertiary/aromatic N) is 1. The summed E-state index contributed by atoms with van der Waals surface area (Å²) in [4.78, 5) is 2.57. The van der Waals surface area contributed by atoms with Crippen LogP contribution >= 0.6 is 0 Å². The standard InChI is InChI=1S/C12H24N2O/c1-2-10-5-6-14(8-10)9-12-4-3-11(7-13)15-12/h10-12H,2-9,13H2,1H3. The Hall–Kier alpha value is -0.120. The molecule has 3 nitrogen and oxygen atoms in total. The minimum atomic E-state index is 0.333. The van der Waals surface area contributed by atoms with E-state index in [9.17, 15) is 0 Å². The number of hydrogen-bond acceptors (Lipinski definition) is 3. The van der Waals surface area contributed by atoms with Gasteiger partial charge in [0, 0.05) is 19.6 Å². The van der Waals surface area contributed by atoms with E-state index in [1.54, 1.807) is 0 Å². The lowest BCUT2D eigenvalue weighted by Crippen LogP contribution is -2.31. The molecule has 3 unspecified atom stereocenters.